The van der Waals surface area contributed by atoms with Crippen LogP contribution < -0.4 is 10.6 Å². The molecule has 5 heteroatoms. The first-order valence-corrected chi connectivity index (χ1v) is 8.62. The van der Waals surface area contributed by atoms with Crippen molar-refractivity contribution in [3.05, 3.63) is 59.7 Å². The third-order valence-corrected chi connectivity index (χ3v) is 3.56. The Hall–Kier alpha value is -2.82. The summed E-state index contributed by atoms with van der Waals surface area (Å²) in [6.07, 6.45) is -0.603. The summed E-state index contributed by atoms with van der Waals surface area (Å²) in [5.41, 5.74) is 3.86. The predicted octanol–water partition coefficient (Wildman–Crippen LogP) is 3.80. The smallest absolute Gasteiger partial charge is 0.408 e. The van der Waals surface area contributed by atoms with E-state index < -0.39 is 11.7 Å². The van der Waals surface area contributed by atoms with Crippen molar-refractivity contribution in [2.45, 2.75) is 39.8 Å². The van der Waals surface area contributed by atoms with Crippen LogP contribution in [0.3, 0.4) is 0 Å². The number of carbonyl (C=O) groups is 2. The van der Waals surface area contributed by atoms with Crippen molar-refractivity contribution >= 4 is 12.0 Å². The largest absolute Gasteiger partial charge is 0.444 e. The third kappa shape index (κ3) is 6.59. The van der Waals surface area contributed by atoms with E-state index in [0.717, 1.165) is 16.7 Å². The first-order valence-electron chi connectivity index (χ1n) is 8.62. The lowest BCUT2D eigenvalue weighted by Crippen LogP contribution is -2.39. The molecular formula is C21H26N2O3. The zero-order chi connectivity index (χ0) is 19.2. The van der Waals surface area contributed by atoms with Gasteiger partial charge in [-0.15, -0.1) is 0 Å². The van der Waals surface area contributed by atoms with Gasteiger partial charge in [0.05, 0.1) is 0 Å². The molecule has 0 bridgehead atoms. The van der Waals surface area contributed by atoms with Crippen LogP contribution in [-0.2, 0) is 16.1 Å². The maximum Gasteiger partial charge on any atom is 0.408 e. The highest BCUT2D eigenvalue weighted by Gasteiger charge is 2.16. The Kier molecular flexibility index (Phi) is 6.39. The van der Waals surface area contributed by atoms with Crippen molar-refractivity contribution in [2.75, 3.05) is 6.54 Å². The number of ether oxygens (including phenoxy) is 1. The second-order valence-electron chi connectivity index (χ2n) is 7.20. The molecule has 0 aliphatic rings. The summed E-state index contributed by atoms with van der Waals surface area (Å²) in [5.74, 6) is -0.267. The van der Waals surface area contributed by atoms with Gasteiger partial charge in [0.1, 0.15) is 12.1 Å². The van der Waals surface area contributed by atoms with Gasteiger partial charge >= 0.3 is 6.09 Å². The van der Waals surface area contributed by atoms with Crippen molar-refractivity contribution < 1.29 is 14.3 Å². The lowest BCUT2D eigenvalue weighted by Gasteiger charge is -2.19. The molecule has 0 spiro atoms. The number of rotatable bonds is 5. The molecule has 0 aliphatic heterocycles. The van der Waals surface area contributed by atoms with E-state index in [9.17, 15) is 9.59 Å². The Balaban J connectivity index is 1.87. The zero-order valence-corrected chi connectivity index (χ0v) is 15.8. The minimum Gasteiger partial charge on any atom is -0.444 e. The molecule has 0 atom stereocenters. The molecule has 2 amide bonds. The second-order valence-corrected chi connectivity index (χ2v) is 7.20. The quantitative estimate of drug-likeness (QED) is 0.858. The summed E-state index contributed by atoms with van der Waals surface area (Å²) in [5, 5.41) is 5.24. The Morgan fingerprint density at radius 1 is 0.962 bits per heavy atom. The highest BCUT2D eigenvalue weighted by atomic mass is 16.6. The third-order valence-electron chi connectivity index (χ3n) is 3.56. The average Bonchev–Trinajstić information content (AvgIpc) is 2.57. The van der Waals surface area contributed by atoms with E-state index in [1.54, 1.807) is 20.8 Å². The van der Waals surface area contributed by atoms with Crippen molar-refractivity contribution in [3.63, 3.8) is 0 Å². The normalized spacial score (nSPS) is 10.9. The number of carbonyl (C=O) groups excluding carboxylic acids is 2. The molecule has 0 saturated heterocycles. The first kappa shape index (κ1) is 19.5. The van der Waals surface area contributed by atoms with Crippen molar-refractivity contribution in [2.24, 2.45) is 0 Å². The summed E-state index contributed by atoms with van der Waals surface area (Å²) in [7, 11) is 0. The molecular weight excluding hydrogens is 328 g/mol. The van der Waals surface area contributed by atoms with Crippen LogP contribution in [0.25, 0.3) is 11.1 Å². The lowest BCUT2D eigenvalue weighted by molar-refractivity contribution is -0.120. The predicted molar refractivity (Wildman–Crippen MR) is 103 cm³/mol. The molecule has 0 saturated carbocycles. The number of benzene rings is 2. The van der Waals surface area contributed by atoms with Gasteiger partial charge in [0.15, 0.2) is 0 Å². The highest BCUT2D eigenvalue weighted by Crippen LogP contribution is 2.21. The monoisotopic (exact) mass is 354 g/mol. The molecule has 0 aromatic heterocycles. The van der Waals surface area contributed by atoms with Gasteiger partial charge in [-0.2, -0.15) is 0 Å². The van der Waals surface area contributed by atoms with Gasteiger partial charge < -0.3 is 15.4 Å². The summed E-state index contributed by atoms with van der Waals surface area (Å²) in [4.78, 5) is 23.5. The molecule has 0 heterocycles. The van der Waals surface area contributed by atoms with Crippen LogP contribution in [0.15, 0.2) is 48.5 Å². The van der Waals surface area contributed by atoms with Gasteiger partial charge in [0.25, 0.3) is 0 Å². The molecule has 138 valence electrons. The van der Waals surface area contributed by atoms with Crippen LogP contribution >= 0.6 is 0 Å². The van der Waals surface area contributed by atoms with E-state index in [0.29, 0.717) is 6.54 Å². The van der Waals surface area contributed by atoms with E-state index in [-0.39, 0.29) is 12.5 Å². The number of amides is 2. The first-order chi connectivity index (χ1) is 12.2. The summed E-state index contributed by atoms with van der Waals surface area (Å²) < 4.78 is 5.10. The minimum absolute atomic E-state index is 0.119. The topological polar surface area (TPSA) is 67.4 Å². The molecule has 2 aromatic carbocycles. The van der Waals surface area contributed by atoms with Crippen molar-refractivity contribution in [3.8, 4) is 11.1 Å². The zero-order valence-electron chi connectivity index (χ0n) is 15.8. The molecule has 2 rings (SSSR count). The average molecular weight is 354 g/mol. The van der Waals surface area contributed by atoms with Gasteiger partial charge in [0, 0.05) is 6.54 Å². The second kappa shape index (κ2) is 8.52. The Labute approximate surface area is 154 Å². The fraction of sp³-hybridized carbons (Fsp3) is 0.333. The molecule has 0 fully saturated rings. The van der Waals surface area contributed by atoms with Gasteiger partial charge in [-0.3, -0.25) is 4.79 Å². The molecule has 5 nitrogen and oxygen atoms in total. The van der Waals surface area contributed by atoms with Gasteiger partial charge in [-0.25, -0.2) is 4.79 Å². The summed E-state index contributed by atoms with van der Waals surface area (Å²) >= 11 is 0. The lowest BCUT2D eigenvalue weighted by atomic mass is 10.0. The SMILES string of the molecule is Cc1cccc(-c2cccc(CNC(=O)CNC(=O)OC(C)(C)C)c2)c1. The number of hydrogen-bond acceptors (Lipinski definition) is 3. The van der Waals surface area contributed by atoms with Crippen molar-refractivity contribution in [1.82, 2.24) is 10.6 Å². The van der Waals surface area contributed by atoms with Gasteiger partial charge in [0.2, 0.25) is 5.91 Å². The molecule has 0 unspecified atom stereocenters. The molecule has 0 radical (unpaired) electrons. The summed E-state index contributed by atoms with van der Waals surface area (Å²) in [6, 6.07) is 16.3. The van der Waals surface area contributed by atoms with Crippen LogP contribution in [0, 0.1) is 6.92 Å². The van der Waals surface area contributed by atoms with Crippen molar-refractivity contribution in [1.29, 1.82) is 0 Å². The van der Waals surface area contributed by atoms with E-state index in [1.807, 2.05) is 24.3 Å². The number of aryl methyl sites for hydroxylation is 1. The maximum absolute atomic E-state index is 11.9. The molecule has 26 heavy (non-hydrogen) atoms. The van der Waals surface area contributed by atoms with Crippen LogP contribution in [0.1, 0.15) is 31.9 Å². The van der Waals surface area contributed by atoms with E-state index in [1.165, 1.54) is 5.56 Å². The van der Waals surface area contributed by atoms with Crippen LogP contribution in [0.4, 0.5) is 4.79 Å². The van der Waals surface area contributed by atoms with Gasteiger partial charge in [-0.05, 0) is 50.5 Å². The van der Waals surface area contributed by atoms with E-state index >= 15 is 0 Å². The van der Waals surface area contributed by atoms with Crippen LogP contribution in [0.2, 0.25) is 0 Å². The summed E-state index contributed by atoms with van der Waals surface area (Å²) in [6.45, 7) is 7.65. The molecule has 2 N–H and O–H groups in total. The van der Waals surface area contributed by atoms with Gasteiger partial charge in [-0.1, -0.05) is 48.0 Å². The Morgan fingerprint density at radius 2 is 1.62 bits per heavy atom. The fourth-order valence-electron chi connectivity index (χ4n) is 2.42. The molecule has 0 aliphatic carbocycles. The highest BCUT2D eigenvalue weighted by molar-refractivity contribution is 5.82. The number of alkyl carbamates (subject to hydrolysis) is 1. The van der Waals surface area contributed by atoms with Crippen LogP contribution in [0.5, 0.6) is 0 Å². The van der Waals surface area contributed by atoms with Crippen LogP contribution in [-0.4, -0.2) is 24.1 Å². The Morgan fingerprint density at radius 3 is 2.27 bits per heavy atom. The van der Waals surface area contributed by atoms with E-state index in [2.05, 4.69) is 41.8 Å². The number of hydrogen-bond donors (Lipinski definition) is 2. The standard InChI is InChI=1S/C21H26N2O3/c1-15-7-5-9-17(11-15)18-10-6-8-16(12-18)13-22-19(24)14-23-20(25)26-21(2,3)4/h5-12H,13-14H2,1-4H3,(H,22,24)(H,23,25). The minimum atomic E-state index is -0.603. The fourth-order valence-corrected chi connectivity index (χ4v) is 2.42. The maximum atomic E-state index is 11.9. The van der Waals surface area contributed by atoms with E-state index in [4.69, 9.17) is 4.74 Å². The Bertz CT molecular complexity index is 779. The molecule has 2 aromatic rings. The number of nitrogens with one attached hydrogen (secondary N) is 2.